The largest absolute Gasteiger partial charge is 0.456 e. The predicted octanol–water partition coefficient (Wildman–Crippen LogP) is 4.46. The second-order valence-electron chi connectivity index (χ2n) is 5.39. The molecule has 0 unspecified atom stereocenters. The number of non-ortho nitro benzene ring substituents is 1. The Labute approximate surface area is 148 Å². The van der Waals surface area contributed by atoms with Crippen molar-refractivity contribution in [1.82, 2.24) is 4.98 Å². The predicted molar refractivity (Wildman–Crippen MR) is 93.7 cm³/mol. The van der Waals surface area contributed by atoms with Gasteiger partial charge in [0.2, 0.25) is 0 Å². The molecular formula is C18H13ClN2O4. The Balaban J connectivity index is 1.79. The van der Waals surface area contributed by atoms with Crippen LogP contribution in [0.5, 0.6) is 0 Å². The second-order valence-corrected chi connectivity index (χ2v) is 5.77. The number of hydrogen-bond acceptors (Lipinski definition) is 5. The molecule has 0 spiro atoms. The van der Waals surface area contributed by atoms with E-state index in [9.17, 15) is 14.9 Å². The molecule has 0 amide bonds. The number of carbonyl (C=O) groups is 1. The fraction of sp³-hybridized carbons (Fsp3) is 0.111. The van der Waals surface area contributed by atoms with E-state index in [1.165, 1.54) is 24.3 Å². The zero-order chi connectivity index (χ0) is 18.0. The molecule has 1 heterocycles. The van der Waals surface area contributed by atoms with Crippen LogP contribution >= 0.6 is 11.6 Å². The van der Waals surface area contributed by atoms with Gasteiger partial charge in [-0.2, -0.15) is 0 Å². The number of aryl methyl sites for hydroxylation is 1. The standard InChI is InChI=1S/C18H13ClN2O4/c1-11-14-4-2-3-5-15(14)20-16(17(11)19)10-25-18(22)12-6-8-13(9-7-12)21(23)24/h2-9H,10H2,1H3. The zero-order valence-corrected chi connectivity index (χ0v) is 14.0. The number of fused-ring (bicyclic) bond motifs is 1. The lowest BCUT2D eigenvalue weighted by atomic mass is 10.1. The molecule has 0 atom stereocenters. The van der Waals surface area contributed by atoms with Crippen LogP contribution < -0.4 is 0 Å². The van der Waals surface area contributed by atoms with E-state index in [1.54, 1.807) is 0 Å². The summed E-state index contributed by atoms with van der Waals surface area (Å²) < 4.78 is 5.24. The number of rotatable bonds is 4. The lowest BCUT2D eigenvalue weighted by molar-refractivity contribution is -0.384. The number of nitro benzene ring substituents is 1. The fourth-order valence-corrected chi connectivity index (χ4v) is 2.65. The average Bonchev–Trinajstić information content (AvgIpc) is 2.63. The first-order valence-corrected chi connectivity index (χ1v) is 7.80. The minimum Gasteiger partial charge on any atom is -0.456 e. The minimum atomic E-state index is -0.599. The van der Waals surface area contributed by atoms with Crippen molar-refractivity contribution in [2.45, 2.75) is 13.5 Å². The van der Waals surface area contributed by atoms with Gasteiger partial charge < -0.3 is 4.74 Å². The third-order valence-corrected chi connectivity index (χ3v) is 4.30. The molecule has 0 bridgehead atoms. The van der Waals surface area contributed by atoms with Crippen molar-refractivity contribution in [2.24, 2.45) is 0 Å². The van der Waals surface area contributed by atoms with Crippen LogP contribution in [0.1, 0.15) is 21.6 Å². The number of carbonyl (C=O) groups excluding carboxylic acids is 1. The normalized spacial score (nSPS) is 10.6. The molecule has 0 radical (unpaired) electrons. The molecule has 0 aliphatic carbocycles. The Morgan fingerprint density at radius 3 is 2.56 bits per heavy atom. The third-order valence-electron chi connectivity index (χ3n) is 3.80. The molecule has 6 nitrogen and oxygen atoms in total. The Bertz CT molecular complexity index is 971. The number of benzene rings is 2. The molecule has 2 aromatic carbocycles. The second kappa shape index (κ2) is 6.86. The number of nitrogens with zero attached hydrogens (tertiary/aromatic N) is 2. The molecule has 0 saturated heterocycles. The summed E-state index contributed by atoms with van der Waals surface area (Å²) in [5, 5.41) is 12.0. The molecule has 0 aliphatic rings. The Morgan fingerprint density at radius 2 is 1.88 bits per heavy atom. The van der Waals surface area contributed by atoms with Gasteiger partial charge in [0.05, 0.1) is 26.7 Å². The fourth-order valence-electron chi connectivity index (χ4n) is 2.45. The summed E-state index contributed by atoms with van der Waals surface area (Å²) in [4.78, 5) is 26.6. The lowest BCUT2D eigenvalue weighted by Gasteiger charge is -2.10. The van der Waals surface area contributed by atoms with Crippen molar-refractivity contribution in [1.29, 1.82) is 0 Å². The van der Waals surface area contributed by atoms with Crippen LogP contribution in [-0.4, -0.2) is 15.9 Å². The number of ether oxygens (including phenoxy) is 1. The van der Waals surface area contributed by atoms with Crippen LogP contribution in [0.4, 0.5) is 5.69 Å². The number of para-hydroxylation sites is 1. The van der Waals surface area contributed by atoms with Crippen LogP contribution in [0.3, 0.4) is 0 Å². The van der Waals surface area contributed by atoms with E-state index in [2.05, 4.69) is 4.98 Å². The first-order chi connectivity index (χ1) is 12.0. The molecule has 0 saturated carbocycles. The van der Waals surface area contributed by atoms with E-state index in [4.69, 9.17) is 16.3 Å². The van der Waals surface area contributed by atoms with Gasteiger partial charge in [-0.25, -0.2) is 9.78 Å². The van der Waals surface area contributed by atoms with Gasteiger partial charge in [-0.1, -0.05) is 29.8 Å². The first kappa shape index (κ1) is 16.9. The highest BCUT2D eigenvalue weighted by molar-refractivity contribution is 6.32. The van der Waals surface area contributed by atoms with Crippen molar-refractivity contribution in [3.05, 3.63) is 80.5 Å². The van der Waals surface area contributed by atoms with E-state index >= 15 is 0 Å². The van der Waals surface area contributed by atoms with Gasteiger partial charge in [-0.15, -0.1) is 0 Å². The maximum absolute atomic E-state index is 12.1. The van der Waals surface area contributed by atoms with Crippen LogP contribution in [0.2, 0.25) is 5.02 Å². The van der Waals surface area contributed by atoms with Crippen LogP contribution in [0, 0.1) is 17.0 Å². The van der Waals surface area contributed by atoms with Crippen LogP contribution in [0.15, 0.2) is 48.5 Å². The van der Waals surface area contributed by atoms with Gasteiger partial charge in [-0.3, -0.25) is 10.1 Å². The molecule has 126 valence electrons. The summed E-state index contributed by atoms with van der Waals surface area (Å²) in [6.07, 6.45) is 0. The molecule has 1 aromatic heterocycles. The summed E-state index contributed by atoms with van der Waals surface area (Å²) in [7, 11) is 0. The van der Waals surface area contributed by atoms with Gasteiger partial charge >= 0.3 is 5.97 Å². The maximum Gasteiger partial charge on any atom is 0.338 e. The van der Waals surface area contributed by atoms with E-state index < -0.39 is 10.9 Å². The van der Waals surface area contributed by atoms with Gasteiger partial charge in [-0.05, 0) is 30.7 Å². The summed E-state index contributed by atoms with van der Waals surface area (Å²) in [5.41, 5.74) is 2.23. The number of aromatic nitrogens is 1. The highest BCUT2D eigenvalue weighted by Crippen LogP contribution is 2.27. The van der Waals surface area contributed by atoms with Crippen molar-refractivity contribution >= 4 is 34.2 Å². The highest BCUT2D eigenvalue weighted by Gasteiger charge is 2.14. The quantitative estimate of drug-likeness (QED) is 0.391. The first-order valence-electron chi connectivity index (χ1n) is 7.42. The van der Waals surface area contributed by atoms with E-state index in [-0.39, 0.29) is 17.9 Å². The van der Waals surface area contributed by atoms with Crippen LogP contribution in [0.25, 0.3) is 10.9 Å². The maximum atomic E-state index is 12.1. The number of esters is 1. The lowest BCUT2D eigenvalue weighted by Crippen LogP contribution is -2.07. The van der Waals surface area contributed by atoms with E-state index in [1.807, 2.05) is 31.2 Å². The van der Waals surface area contributed by atoms with E-state index in [0.29, 0.717) is 10.7 Å². The molecule has 0 aliphatic heterocycles. The van der Waals surface area contributed by atoms with Gasteiger partial charge in [0.15, 0.2) is 0 Å². The molecule has 25 heavy (non-hydrogen) atoms. The Kier molecular flexibility index (Phi) is 4.63. The number of hydrogen-bond donors (Lipinski definition) is 0. The summed E-state index contributed by atoms with van der Waals surface area (Å²) >= 11 is 6.33. The number of pyridine rings is 1. The minimum absolute atomic E-state index is 0.0830. The smallest absolute Gasteiger partial charge is 0.338 e. The third kappa shape index (κ3) is 3.44. The van der Waals surface area contributed by atoms with Gasteiger partial charge in [0.25, 0.3) is 5.69 Å². The average molecular weight is 357 g/mol. The monoisotopic (exact) mass is 356 g/mol. The number of halogens is 1. The van der Waals surface area contributed by atoms with Gasteiger partial charge in [0, 0.05) is 17.5 Å². The molecule has 0 N–H and O–H groups in total. The molecule has 3 aromatic rings. The summed E-state index contributed by atoms with van der Waals surface area (Å²) in [5.74, 6) is -0.599. The van der Waals surface area contributed by atoms with Crippen molar-refractivity contribution < 1.29 is 14.5 Å². The van der Waals surface area contributed by atoms with Crippen molar-refractivity contribution in [2.75, 3.05) is 0 Å². The summed E-state index contributed by atoms with van der Waals surface area (Å²) in [6, 6.07) is 12.8. The topological polar surface area (TPSA) is 82.3 Å². The molecule has 7 heteroatoms. The SMILES string of the molecule is Cc1c(Cl)c(COC(=O)c2ccc([N+](=O)[O-])cc2)nc2ccccc12. The highest BCUT2D eigenvalue weighted by atomic mass is 35.5. The van der Waals surface area contributed by atoms with Gasteiger partial charge in [0.1, 0.15) is 6.61 Å². The molecule has 3 rings (SSSR count). The van der Waals surface area contributed by atoms with Crippen LogP contribution in [-0.2, 0) is 11.3 Å². The molecular weight excluding hydrogens is 344 g/mol. The Morgan fingerprint density at radius 1 is 1.20 bits per heavy atom. The number of nitro groups is 1. The summed E-state index contributed by atoms with van der Waals surface area (Å²) in [6.45, 7) is 1.80. The van der Waals surface area contributed by atoms with E-state index in [0.717, 1.165) is 16.5 Å². The zero-order valence-electron chi connectivity index (χ0n) is 13.2. The Hall–Kier alpha value is -2.99. The van der Waals surface area contributed by atoms with Crippen molar-refractivity contribution in [3.63, 3.8) is 0 Å². The van der Waals surface area contributed by atoms with Crippen molar-refractivity contribution in [3.8, 4) is 0 Å². The molecule has 0 fully saturated rings.